The number of methoxy groups -OCH3 is 1. The molecule has 0 amide bonds. The molecular formula is C11H18F2N2O4. The first-order chi connectivity index (χ1) is 8.92. The van der Waals surface area contributed by atoms with E-state index >= 15 is 0 Å². The SMILES string of the molecule is COC(=O)C1CC(NCC(F)F)CN(CC(=O)O)C1. The van der Waals surface area contributed by atoms with Crippen molar-refractivity contribution in [3.05, 3.63) is 0 Å². The minimum atomic E-state index is -2.48. The quantitative estimate of drug-likeness (QED) is 0.655. The van der Waals surface area contributed by atoms with E-state index in [0.29, 0.717) is 13.0 Å². The molecule has 0 aromatic rings. The number of carboxylic acids is 1. The van der Waals surface area contributed by atoms with Crippen LogP contribution in [0.15, 0.2) is 0 Å². The van der Waals surface area contributed by atoms with Gasteiger partial charge in [0.2, 0.25) is 0 Å². The van der Waals surface area contributed by atoms with E-state index in [0.717, 1.165) is 0 Å². The van der Waals surface area contributed by atoms with Crippen LogP contribution in [0.25, 0.3) is 0 Å². The van der Waals surface area contributed by atoms with E-state index < -0.39 is 30.8 Å². The van der Waals surface area contributed by atoms with Crippen molar-refractivity contribution in [3.8, 4) is 0 Å². The standard InChI is InChI=1S/C11H18F2N2O4/c1-19-11(18)7-2-8(14-3-9(12)13)5-15(4-7)6-10(16)17/h7-9,14H,2-6H2,1H3,(H,16,17). The van der Waals surface area contributed by atoms with Crippen LogP contribution < -0.4 is 5.32 Å². The second kappa shape index (κ2) is 7.34. The lowest BCUT2D eigenvalue weighted by molar-refractivity contribution is -0.149. The highest BCUT2D eigenvalue weighted by Crippen LogP contribution is 2.18. The summed E-state index contributed by atoms with van der Waals surface area (Å²) in [6.45, 7) is -0.0990. The molecule has 1 fully saturated rings. The summed E-state index contributed by atoms with van der Waals surface area (Å²) in [6.07, 6.45) is -2.11. The van der Waals surface area contributed by atoms with Crippen molar-refractivity contribution in [2.75, 3.05) is 33.3 Å². The average Bonchev–Trinajstić information content (AvgIpc) is 2.34. The predicted molar refractivity (Wildman–Crippen MR) is 62.0 cm³/mol. The van der Waals surface area contributed by atoms with Crippen molar-refractivity contribution in [3.63, 3.8) is 0 Å². The summed E-state index contributed by atoms with van der Waals surface area (Å²) < 4.78 is 28.9. The number of halogens is 2. The highest BCUT2D eigenvalue weighted by atomic mass is 19.3. The summed E-state index contributed by atoms with van der Waals surface area (Å²) in [5, 5.41) is 11.4. The summed E-state index contributed by atoms with van der Waals surface area (Å²) >= 11 is 0. The number of ether oxygens (including phenoxy) is 1. The summed E-state index contributed by atoms with van der Waals surface area (Å²) in [4.78, 5) is 23.7. The molecule has 19 heavy (non-hydrogen) atoms. The van der Waals surface area contributed by atoms with Gasteiger partial charge in [-0.15, -0.1) is 0 Å². The monoisotopic (exact) mass is 280 g/mol. The van der Waals surface area contributed by atoms with Crippen molar-refractivity contribution < 1.29 is 28.2 Å². The molecule has 0 aliphatic carbocycles. The Morgan fingerprint density at radius 2 is 2.16 bits per heavy atom. The van der Waals surface area contributed by atoms with E-state index in [9.17, 15) is 18.4 Å². The van der Waals surface area contributed by atoms with Crippen LogP contribution >= 0.6 is 0 Å². The minimum absolute atomic E-state index is 0.222. The fourth-order valence-electron chi connectivity index (χ4n) is 2.25. The molecule has 1 saturated heterocycles. The zero-order chi connectivity index (χ0) is 14.4. The third-order valence-electron chi connectivity index (χ3n) is 2.98. The van der Waals surface area contributed by atoms with Crippen molar-refractivity contribution in [2.24, 2.45) is 5.92 Å². The number of carboxylic acid groups (broad SMARTS) is 1. The number of nitrogens with one attached hydrogen (secondary N) is 1. The first kappa shape index (κ1) is 15.8. The Hall–Kier alpha value is -1.28. The van der Waals surface area contributed by atoms with Gasteiger partial charge in [-0.05, 0) is 6.42 Å². The van der Waals surface area contributed by atoms with Gasteiger partial charge in [-0.25, -0.2) is 8.78 Å². The molecule has 0 bridgehead atoms. The second-order valence-corrected chi connectivity index (χ2v) is 4.54. The van der Waals surface area contributed by atoms with Crippen molar-refractivity contribution >= 4 is 11.9 Å². The number of esters is 1. The lowest BCUT2D eigenvalue weighted by Crippen LogP contribution is -2.53. The van der Waals surface area contributed by atoms with Crippen molar-refractivity contribution in [2.45, 2.75) is 18.9 Å². The zero-order valence-electron chi connectivity index (χ0n) is 10.6. The smallest absolute Gasteiger partial charge is 0.317 e. The van der Waals surface area contributed by atoms with Gasteiger partial charge in [-0.2, -0.15) is 0 Å². The van der Waals surface area contributed by atoms with E-state index in [1.807, 2.05) is 0 Å². The van der Waals surface area contributed by atoms with Crippen LogP contribution in [0.4, 0.5) is 8.78 Å². The van der Waals surface area contributed by atoms with Crippen LogP contribution in [0.5, 0.6) is 0 Å². The van der Waals surface area contributed by atoms with Gasteiger partial charge in [0.25, 0.3) is 6.43 Å². The number of likely N-dealkylation sites (tertiary alicyclic amines) is 1. The van der Waals surface area contributed by atoms with Gasteiger partial charge in [0.15, 0.2) is 0 Å². The Morgan fingerprint density at radius 3 is 2.68 bits per heavy atom. The third-order valence-corrected chi connectivity index (χ3v) is 2.98. The maximum Gasteiger partial charge on any atom is 0.317 e. The summed E-state index contributed by atoms with van der Waals surface area (Å²) in [5.41, 5.74) is 0. The summed E-state index contributed by atoms with van der Waals surface area (Å²) in [5.74, 6) is -1.95. The number of nitrogens with zero attached hydrogens (tertiary/aromatic N) is 1. The Morgan fingerprint density at radius 1 is 1.47 bits per heavy atom. The molecule has 2 atom stereocenters. The van der Waals surface area contributed by atoms with Crippen LogP contribution in [-0.4, -0.2) is 67.7 Å². The molecule has 2 N–H and O–H groups in total. The molecular weight excluding hydrogens is 262 g/mol. The maximum absolute atomic E-state index is 12.2. The summed E-state index contributed by atoms with van der Waals surface area (Å²) in [6, 6.07) is -0.341. The Kier molecular flexibility index (Phi) is 6.10. The van der Waals surface area contributed by atoms with Crippen LogP contribution in [0, 0.1) is 5.92 Å². The number of alkyl halides is 2. The number of hydrogen-bond acceptors (Lipinski definition) is 5. The van der Waals surface area contributed by atoms with E-state index in [1.54, 1.807) is 4.90 Å². The Labute approximate surface area is 109 Å². The van der Waals surface area contributed by atoms with Crippen LogP contribution in [0.3, 0.4) is 0 Å². The maximum atomic E-state index is 12.2. The number of rotatable bonds is 6. The molecule has 1 aliphatic rings. The molecule has 1 aliphatic heterocycles. The number of piperidine rings is 1. The van der Waals surface area contributed by atoms with Gasteiger partial charge < -0.3 is 15.2 Å². The van der Waals surface area contributed by atoms with Gasteiger partial charge in [-0.1, -0.05) is 0 Å². The molecule has 6 nitrogen and oxygen atoms in total. The third kappa shape index (κ3) is 5.48. The molecule has 0 spiro atoms. The minimum Gasteiger partial charge on any atom is -0.480 e. The average molecular weight is 280 g/mol. The van der Waals surface area contributed by atoms with Gasteiger partial charge >= 0.3 is 11.9 Å². The lowest BCUT2D eigenvalue weighted by Gasteiger charge is -2.36. The molecule has 0 saturated carbocycles. The van der Waals surface area contributed by atoms with E-state index in [-0.39, 0.29) is 19.1 Å². The van der Waals surface area contributed by atoms with E-state index in [2.05, 4.69) is 10.1 Å². The molecule has 1 heterocycles. The highest BCUT2D eigenvalue weighted by Gasteiger charge is 2.33. The number of aliphatic carboxylic acids is 1. The normalized spacial score (nSPS) is 24.4. The number of hydrogen-bond donors (Lipinski definition) is 2. The lowest BCUT2D eigenvalue weighted by atomic mass is 9.94. The van der Waals surface area contributed by atoms with Gasteiger partial charge in [0, 0.05) is 19.1 Å². The predicted octanol–water partition coefficient (Wildman–Crippen LogP) is -0.211. The van der Waals surface area contributed by atoms with E-state index in [1.165, 1.54) is 7.11 Å². The highest BCUT2D eigenvalue weighted by molar-refractivity contribution is 5.73. The van der Waals surface area contributed by atoms with E-state index in [4.69, 9.17) is 5.11 Å². The Bertz CT molecular complexity index is 328. The van der Waals surface area contributed by atoms with Crippen LogP contribution in [0.1, 0.15) is 6.42 Å². The molecule has 0 aromatic heterocycles. The van der Waals surface area contributed by atoms with Crippen LogP contribution in [-0.2, 0) is 14.3 Å². The van der Waals surface area contributed by atoms with Crippen molar-refractivity contribution in [1.29, 1.82) is 0 Å². The first-order valence-corrected chi connectivity index (χ1v) is 5.96. The second-order valence-electron chi connectivity index (χ2n) is 4.54. The molecule has 0 radical (unpaired) electrons. The molecule has 1 rings (SSSR count). The molecule has 110 valence electrons. The summed E-state index contributed by atoms with van der Waals surface area (Å²) in [7, 11) is 1.25. The number of carbonyl (C=O) groups is 2. The molecule has 8 heteroatoms. The Balaban J connectivity index is 2.60. The van der Waals surface area contributed by atoms with Crippen molar-refractivity contribution in [1.82, 2.24) is 10.2 Å². The molecule has 2 unspecified atom stereocenters. The fourth-order valence-corrected chi connectivity index (χ4v) is 2.25. The fraction of sp³-hybridized carbons (Fsp3) is 0.818. The zero-order valence-corrected chi connectivity index (χ0v) is 10.6. The number of carbonyl (C=O) groups excluding carboxylic acids is 1. The topological polar surface area (TPSA) is 78.9 Å². The largest absolute Gasteiger partial charge is 0.480 e. The van der Waals surface area contributed by atoms with Gasteiger partial charge in [-0.3, -0.25) is 14.5 Å². The molecule has 0 aromatic carbocycles. The first-order valence-electron chi connectivity index (χ1n) is 5.96. The van der Waals surface area contributed by atoms with Crippen LogP contribution in [0.2, 0.25) is 0 Å². The van der Waals surface area contributed by atoms with Gasteiger partial charge in [0.1, 0.15) is 0 Å². The van der Waals surface area contributed by atoms with Gasteiger partial charge in [0.05, 0.1) is 26.1 Å².